The molecule has 12 heteroatoms. The number of amides is 2. The first kappa shape index (κ1) is 39.1. The van der Waals surface area contributed by atoms with Crippen molar-refractivity contribution in [3.63, 3.8) is 0 Å². The van der Waals surface area contributed by atoms with Gasteiger partial charge in [0.1, 0.15) is 0 Å². The Labute approximate surface area is 318 Å². The van der Waals surface area contributed by atoms with Crippen LogP contribution >= 0.6 is 0 Å². The Morgan fingerprint density at radius 3 is 1.15 bits per heavy atom. The molecule has 52 heavy (non-hydrogen) atoms. The Balaban J connectivity index is 0.000000193. The fraction of sp³-hybridized carbons (Fsp3) is 0.100. The van der Waals surface area contributed by atoms with Gasteiger partial charge in [-0.2, -0.15) is 0 Å². The molecule has 0 saturated carbocycles. The summed E-state index contributed by atoms with van der Waals surface area (Å²) in [4.78, 5) is 51.2. The second-order valence-electron chi connectivity index (χ2n) is 11.2. The second kappa shape index (κ2) is 20.9. The predicted molar refractivity (Wildman–Crippen MR) is 192 cm³/mol. The summed E-state index contributed by atoms with van der Waals surface area (Å²) in [5, 5.41) is 5.72. The molecule has 1 saturated heterocycles. The summed E-state index contributed by atoms with van der Waals surface area (Å²) >= 11 is 0. The van der Waals surface area contributed by atoms with Gasteiger partial charge in [0.2, 0.25) is 25.2 Å². The van der Waals surface area contributed by atoms with Crippen molar-refractivity contribution >= 4 is 35.1 Å². The number of hydrogen-bond acceptors (Lipinski definition) is 9. The van der Waals surface area contributed by atoms with E-state index in [2.05, 4.69) is 53.0 Å². The largest absolute Gasteiger partial charge is 0.393 e. The monoisotopic (exact) mass is 786 g/mol. The predicted octanol–water partition coefficient (Wildman–Crippen LogP) is 5.30. The number of hydrogen-bond donors (Lipinski definition) is 2. The third-order valence-electron chi connectivity index (χ3n) is 7.06. The van der Waals surface area contributed by atoms with Crippen LogP contribution in [0.3, 0.4) is 0 Å². The van der Waals surface area contributed by atoms with Gasteiger partial charge < -0.3 is 35.0 Å². The van der Waals surface area contributed by atoms with E-state index in [4.69, 9.17) is 0 Å². The SMILES string of the molecule is O=C(CN1[C]N(Cc2ccccc2)C=C1)Nc1ccccc1.O=C(CN1[C]N(Cc2ccccc2)C=C1)Nc1ccccc1.O=C1[CH][CH]C(=O)O1.[Pd]. The smallest absolute Gasteiger partial charge is 0.318 e. The van der Waals surface area contributed by atoms with E-state index in [0.29, 0.717) is 0 Å². The summed E-state index contributed by atoms with van der Waals surface area (Å²) in [7, 11) is 0. The van der Waals surface area contributed by atoms with E-state index in [1.807, 2.05) is 132 Å². The number of ether oxygens (including phenoxy) is 1. The van der Waals surface area contributed by atoms with Gasteiger partial charge in [0.15, 0.2) is 0 Å². The van der Waals surface area contributed by atoms with Gasteiger partial charge in [0.05, 0.1) is 25.9 Å². The molecule has 11 nitrogen and oxygen atoms in total. The van der Waals surface area contributed by atoms with Crippen molar-refractivity contribution in [2.24, 2.45) is 0 Å². The normalized spacial score (nSPS) is 14.1. The maximum absolute atomic E-state index is 12.0. The summed E-state index contributed by atoms with van der Waals surface area (Å²) in [5.41, 5.74) is 4.01. The van der Waals surface area contributed by atoms with E-state index >= 15 is 0 Å². The minimum absolute atomic E-state index is 0. The molecule has 0 aliphatic carbocycles. The van der Waals surface area contributed by atoms with Gasteiger partial charge in [0.25, 0.3) is 0 Å². The fourth-order valence-corrected chi connectivity index (χ4v) is 4.75. The molecule has 0 unspecified atom stereocenters. The number of carbonyl (C=O) groups excluding carboxylic acids is 4. The molecule has 1 fully saturated rings. The molecule has 0 atom stereocenters. The van der Waals surface area contributed by atoms with E-state index in [0.717, 1.165) is 37.3 Å². The standard InChI is InChI=1S/2C18H17N3O.C4H2O3.Pd/c2*22-18(19-17-9-5-2-6-10-17)14-21-12-11-20(15-21)13-16-7-3-1-4-8-16;5-3-1-2-4(6)7-3;/h2*1-12H,13-14H2,(H,19,22);1-2H;. The number of esters is 2. The molecule has 6 radical (unpaired) electrons. The van der Waals surface area contributed by atoms with Crippen molar-refractivity contribution in [1.82, 2.24) is 19.6 Å². The first-order valence-corrected chi connectivity index (χ1v) is 16.1. The third kappa shape index (κ3) is 13.9. The molecule has 4 aromatic carbocycles. The molecule has 2 amide bonds. The van der Waals surface area contributed by atoms with Gasteiger partial charge in [-0.3, -0.25) is 19.2 Å². The molecule has 3 heterocycles. The maximum atomic E-state index is 12.0. The zero-order valence-electron chi connectivity index (χ0n) is 28.0. The van der Waals surface area contributed by atoms with Crippen LogP contribution in [0.2, 0.25) is 0 Å². The fourth-order valence-electron chi connectivity index (χ4n) is 4.75. The second-order valence-corrected chi connectivity index (χ2v) is 11.2. The van der Waals surface area contributed by atoms with Gasteiger partial charge in [-0.05, 0) is 35.4 Å². The van der Waals surface area contributed by atoms with E-state index in [1.54, 1.807) is 9.80 Å². The van der Waals surface area contributed by atoms with Crippen LogP contribution in [0.5, 0.6) is 0 Å². The van der Waals surface area contributed by atoms with Gasteiger partial charge in [-0.25, -0.2) is 0 Å². The number of nitrogens with one attached hydrogen (secondary N) is 2. The molecule has 266 valence electrons. The molecule has 2 N–H and O–H groups in total. The minimum Gasteiger partial charge on any atom is -0.393 e. The summed E-state index contributed by atoms with van der Waals surface area (Å²) in [5.74, 6) is -1.29. The van der Waals surface area contributed by atoms with Gasteiger partial charge in [-0.1, -0.05) is 97.1 Å². The number of cyclic esters (lactones) is 2. The molecule has 7 rings (SSSR count). The number of rotatable bonds is 10. The van der Waals surface area contributed by atoms with E-state index in [9.17, 15) is 19.2 Å². The van der Waals surface area contributed by atoms with Crippen molar-refractivity contribution in [2.75, 3.05) is 23.7 Å². The van der Waals surface area contributed by atoms with Crippen LogP contribution in [0.15, 0.2) is 146 Å². The van der Waals surface area contributed by atoms with E-state index < -0.39 is 11.9 Å². The summed E-state index contributed by atoms with van der Waals surface area (Å²) in [6.45, 7) is 8.28. The summed E-state index contributed by atoms with van der Waals surface area (Å²) in [6.07, 6.45) is 9.72. The number of anilines is 2. The summed E-state index contributed by atoms with van der Waals surface area (Å²) in [6, 6.07) is 39.2. The van der Waals surface area contributed by atoms with Gasteiger partial charge >= 0.3 is 11.9 Å². The number of para-hydroxylation sites is 2. The zero-order valence-corrected chi connectivity index (χ0v) is 29.5. The van der Waals surface area contributed by atoms with Crippen LogP contribution in [0.4, 0.5) is 11.4 Å². The van der Waals surface area contributed by atoms with Crippen LogP contribution in [-0.2, 0) is 57.4 Å². The Morgan fingerprint density at radius 2 is 0.827 bits per heavy atom. The van der Waals surface area contributed by atoms with Crippen molar-refractivity contribution < 1.29 is 44.3 Å². The minimum atomic E-state index is -0.579. The Bertz CT molecular complexity index is 1650. The molecular weight excluding hydrogens is 751 g/mol. The third-order valence-corrected chi connectivity index (χ3v) is 7.06. The number of carbonyl (C=O) groups is 4. The molecule has 0 bridgehead atoms. The average Bonchev–Trinajstić information content (AvgIpc) is 3.88. The van der Waals surface area contributed by atoms with Crippen LogP contribution in [-0.4, -0.2) is 56.4 Å². The first-order chi connectivity index (χ1) is 24.9. The van der Waals surface area contributed by atoms with Crippen molar-refractivity contribution in [1.29, 1.82) is 0 Å². The van der Waals surface area contributed by atoms with E-state index in [1.165, 1.54) is 11.1 Å². The van der Waals surface area contributed by atoms with Crippen LogP contribution in [0.1, 0.15) is 11.1 Å². The quantitative estimate of drug-likeness (QED) is 0.126. The average molecular weight is 787 g/mol. The number of benzene rings is 4. The molecule has 4 aromatic rings. The molecule has 3 aliphatic rings. The summed E-state index contributed by atoms with van der Waals surface area (Å²) < 4.78 is 3.97. The van der Waals surface area contributed by atoms with Gasteiger partial charge in [0, 0.05) is 69.7 Å². The Morgan fingerprint density at radius 1 is 0.500 bits per heavy atom. The van der Waals surface area contributed by atoms with Crippen LogP contribution in [0.25, 0.3) is 0 Å². The van der Waals surface area contributed by atoms with Gasteiger partial charge in [-0.15, -0.1) is 0 Å². The zero-order chi connectivity index (χ0) is 35.7. The first-order valence-electron chi connectivity index (χ1n) is 16.1. The number of nitrogens with zero attached hydrogens (tertiary/aromatic N) is 4. The molecule has 3 aliphatic heterocycles. The molecular formula is C40H36N6O5Pd. The van der Waals surface area contributed by atoms with Crippen molar-refractivity contribution in [2.45, 2.75) is 13.1 Å². The Kier molecular flexibility index (Phi) is 15.7. The Hall–Kier alpha value is -5.70. The van der Waals surface area contributed by atoms with Crippen molar-refractivity contribution in [3.05, 3.63) is 183 Å². The van der Waals surface area contributed by atoms with E-state index in [-0.39, 0.29) is 45.3 Å². The molecule has 0 aromatic heterocycles. The molecule has 0 spiro atoms. The van der Waals surface area contributed by atoms with Crippen LogP contribution in [0, 0.1) is 26.2 Å². The topological polar surface area (TPSA) is 115 Å². The van der Waals surface area contributed by atoms with Crippen LogP contribution < -0.4 is 10.6 Å². The maximum Gasteiger partial charge on any atom is 0.318 e. The van der Waals surface area contributed by atoms with Crippen molar-refractivity contribution in [3.8, 4) is 0 Å².